The van der Waals surface area contributed by atoms with Crippen LogP contribution < -0.4 is 4.74 Å². The summed E-state index contributed by atoms with van der Waals surface area (Å²) >= 11 is 0. The van der Waals surface area contributed by atoms with Crippen LogP contribution >= 0.6 is 0 Å². The normalized spacial score (nSPS) is 27.2. The van der Waals surface area contributed by atoms with Gasteiger partial charge in [0.05, 0.1) is 17.6 Å². The van der Waals surface area contributed by atoms with E-state index in [1.165, 1.54) is 24.3 Å². The molecule has 3 nitrogen and oxygen atoms in total. The van der Waals surface area contributed by atoms with Gasteiger partial charge in [0.25, 0.3) is 0 Å². The van der Waals surface area contributed by atoms with Gasteiger partial charge in [0.15, 0.2) is 0 Å². The van der Waals surface area contributed by atoms with E-state index >= 15 is 0 Å². The fourth-order valence-corrected chi connectivity index (χ4v) is 2.11. The van der Waals surface area contributed by atoms with E-state index in [4.69, 9.17) is 5.26 Å². The lowest BCUT2D eigenvalue weighted by Gasteiger charge is -2.40. The largest absolute Gasteiger partial charge is 0.573 e. The van der Waals surface area contributed by atoms with Crippen molar-refractivity contribution in [1.82, 2.24) is 0 Å². The van der Waals surface area contributed by atoms with Gasteiger partial charge in [-0.3, -0.25) is 0 Å². The van der Waals surface area contributed by atoms with Crippen molar-refractivity contribution in [2.45, 2.75) is 30.7 Å². The van der Waals surface area contributed by atoms with E-state index in [2.05, 4.69) is 10.8 Å². The van der Waals surface area contributed by atoms with Gasteiger partial charge in [0.1, 0.15) is 5.75 Å². The molecule has 1 aliphatic rings. The highest BCUT2D eigenvalue weighted by Gasteiger charge is 2.45. The van der Waals surface area contributed by atoms with Crippen molar-refractivity contribution in [3.8, 4) is 11.8 Å². The van der Waals surface area contributed by atoms with Gasteiger partial charge in [-0.2, -0.15) is 5.26 Å². The summed E-state index contributed by atoms with van der Waals surface area (Å²) in [6, 6.07) is 7.31. The van der Waals surface area contributed by atoms with Crippen LogP contribution in [0.15, 0.2) is 24.3 Å². The molecule has 1 aliphatic carbocycles. The average molecular weight is 257 g/mol. The van der Waals surface area contributed by atoms with Crippen LogP contribution in [0.5, 0.6) is 5.75 Å². The first-order chi connectivity index (χ1) is 8.35. The number of nitriles is 1. The van der Waals surface area contributed by atoms with Crippen molar-refractivity contribution in [2.75, 3.05) is 0 Å². The number of aliphatic hydroxyl groups is 1. The van der Waals surface area contributed by atoms with Crippen LogP contribution in [0.2, 0.25) is 0 Å². The number of hydrogen-bond acceptors (Lipinski definition) is 3. The fraction of sp³-hybridized carbons (Fsp3) is 0.417. The van der Waals surface area contributed by atoms with E-state index in [0.29, 0.717) is 18.4 Å². The van der Waals surface area contributed by atoms with Crippen molar-refractivity contribution in [1.29, 1.82) is 5.26 Å². The van der Waals surface area contributed by atoms with Gasteiger partial charge in [-0.05, 0) is 30.5 Å². The predicted molar refractivity (Wildman–Crippen MR) is 55.7 cm³/mol. The molecular weight excluding hydrogens is 247 g/mol. The van der Waals surface area contributed by atoms with Crippen molar-refractivity contribution >= 4 is 0 Å². The number of alkyl halides is 3. The summed E-state index contributed by atoms with van der Waals surface area (Å²) in [4.78, 5) is 0. The Morgan fingerprint density at radius 3 is 2.22 bits per heavy atom. The molecule has 6 heteroatoms. The number of ether oxygens (including phenoxy) is 1. The molecular formula is C12H10F3NO2. The molecule has 18 heavy (non-hydrogen) atoms. The molecule has 0 saturated heterocycles. The van der Waals surface area contributed by atoms with Crippen molar-refractivity contribution < 1.29 is 23.0 Å². The quantitative estimate of drug-likeness (QED) is 0.885. The molecule has 0 aromatic heterocycles. The highest BCUT2D eigenvalue weighted by molar-refractivity contribution is 5.39. The maximum absolute atomic E-state index is 12.0. The molecule has 96 valence electrons. The summed E-state index contributed by atoms with van der Waals surface area (Å²) in [7, 11) is 0. The molecule has 2 rings (SSSR count). The van der Waals surface area contributed by atoms with E-state index in [-0.39, 0.29) is 5.75 Å². The standard InChI is InChI=1S/C12H10F3NO2/c13-12(14,15)18-10-3-1-8(2-4-10)11(7-16)5-9(17)6-11/h1-4,9,17H,5-6H2. The van der Waals surface area contributed by atoms with Crippen LogP contribution in [-0.4, -0.2) is 17.6 Å². The Balaban J connectivity index is 2.16. The summed E-state index contributed by atoms with van der Waals surface area (Å²) < 4.78 is 39.6. The monoisotopic (exact) mass is 257 g/mol. The number of hydrogen-bond donors (Lipinski definition) is 1. The first-order valence-electron chi connectivity index (χ1n) is 5.30. The zero-order chi connectivity index (χ0) is 13.4. The number of rotatable bonds is 2. The third-order valence-corrected chi connectivity index (χ3v) is 3.02. The molecule has 1 aromatic rings. The molecule has 1 fully saturated rings. The zero-order valence-electron chi connectivity index (χ0n) is 9.24. The first kappa shape index (κ1) is 12.7. The molecule has 0 aliphatic heterocycles. The third-order valence-electron chi connectivity index (χ3n) is 3.02. The minimum Gasteiger partial charge on any atom is -0.406 e. The number of halogens is 3. The Hall–Kier alpha value is -1.74. The Kier molecular flexibility index (Phi) is 2.95. The van der Waals surface area contributed by atoms with E-state index in [0.717, 1.165) is 0 Å². The van der Waals surface area contributed by atoms with Crippen molar-refractivity contribution in [2.24, 2.45) is 0 Å². The molecule has 0 spiro atoms. The SMILES string of the molecule is N#CC1(c2ccc(OC(F)(F)F)cc2)CC(O)C1. The molecule has 0 bridgehead atoms. The number of nitrogens with zero attached hydrogens (tertiary/aromatic N) is 1. The van der Waals surface area contributed by atoms with E-state index in [1.807, 2.05) is 0 Å². The van der Waals surface area contributed by atoms with Gasteiger partial charge in [0.2, 0.25) is 0 Å². The van der Waals surface area contributed by atoms with E-state index < -0.39 is 17.9 Å². The molecule has 0 unspecified atom stereocenters. The molecule has 1 N–H and O–H groups in total. The third kappa shape index (κ3) is 2.41. The summed E-state index contributed by atoms with van der Waals surface area (Å²) in [5.74, 6) is -0.320. The topological polar surface area (TPSA) is 53.2 Å². The van der Waals surface area contributed by atoms with Crippen LogP contribution in [0.4, 0.5) is 13.2 Å². The lowest BCUT2D eigenvalue weighted by atomic mass is 9.64. The van der Waals surface area contributed by atoms with Crippen molar-refractivity contribution in [3.05, 3.63) is 29.8 Å². The summed E-state index contributed by atoms with van der Waals surface area (Å²) in [5.41, 5.74) is -0.180. The maximum Gasteiger partial charge on any atom is 0.573 e. The van der Waals surface area contributed by atoms with Gasteiger partial charge in [-0.15, -0.1) is 13.2 Å². The number of aliphatic hydroxyl groups excluding tert-OH is 1. The first-order valence-corrected chi connectivity index (χ1v) is 5.30. The van der Waals surface area contributed by atoms with Crippen LogP contribution in [0, 0.1) is 11.3 Å². The minimum atomic E-state index is -4.72. The molecule has 0 radical (unpaired) electrons. The van der Waals surface area contributed by atoms with Gasteiger partial charge in [-0.25, -0.2) is 0 Å². The molecule has 1 aromatic carbocycles. The van der Waals surface area contributed by atoms with E-state index in [9.17, 15) is 18.3 Å². The Labute approximate surface area is 101 Å². The Morgan fingerprint density at radius 1 is 1.28 bits per heavy atom. The van der Waals surface area contributed by atoms with Crippen LogP contribution in [0.25, 0.3) is 0 Å². The maximum atomic E-state index is 12.0. The molecule has 0 heterocycles. The van der Waals surface area contributed by atoms with E-state index in [1.54, 1.807) is 0 Å². The Morgan fingerprint density at radius 2 is 1.83 bits per heavy atom. The second-order valence-corrected chi connectivity index (χ2v) is 4.33. The smallest absolute Gasteiger partial charge is 0.406 e. The number of benzene rings is 1. The lowest BCUT2D eigenvalue weighted by Crippen LogP contribution is -2.43. The van der Waals surface area contributed by atoms with Gasteiger partial charge in [0, 0.05) is 0 Å². The minimum absolute atomic E-state index is 0.309. The summed E-state index contributed by atoms with van der Waals surface area (Å²) in [5, 5.41) is 18.3. The second-order valence-electron chi connectivity index (χ2n) is 4.33. The zero-order valence-corrected chi connectivity index (χ0v) is 9.24. The van der Waals surface area contributed by atoms with Crippen LogP contribution in [0.3, 0.4) is 0 Å². The Bertz CT molecular complexity index is 470. The average Bonchev–Trinajstić information content (AvgIpc) is 2.23. The fourth-order valence-electron chi connectivity index (χ4n) is 2.11. The highest BCUT2D eigenvalue weighted by Crippen LogP contribution is 2.43. The van der Waals surface area contributed by atoms with Crippen molar-refractivity contribution in [3.63, 3.8) is 0 Å². The predicted octanol–water partition coefficient (Wildman–Crippen LogP) is 2.50. The molecule has 0 atom stereocenters. The van der Waals surface area contributed by atoms with Gasteiger partial charge in [-0.1, -0.05) is 12.1 Å². The highest BCUT2D eigenvalue weighted by atomic mass is 19.4. The van der Waals surface area contributed by atoms with Crippen LogP contribution in [0.1, 0.15) is 18.4 Å². The lowest BCUT2D eigenvalue weighted by molar-refractivity contribution is -0.274. The molecule has 1 saturated carbocycles. The van der Waals surface area contributed by atoms with Crippen LogP contribution in [-0.2, 0) is 5.41 Å². The summed E-state index contributed by atoms with van der Waals surface area (Å²) in [6.45, 7) is 0. The van der Waals surface area contributed by atoms with Gasteiger partial charge < -0.3 is 9.84 Å². The second kappa shape index (κ2) is 4.18. The summed E-state index contributed by atoms with van der Waals surface area (Å²) in [6.07, 6.45) is -4.62. The van der Waals surface area contributed by atoms with Gasteiger partial charge >= 0.3 is 6.36 Å². The molecule has 0 amide bonds.